The summed E-state index contributed by atoms with van der Waals surface area (Å²) in [6.07, 6.45) is 1.01. The first-order valence-electron chi connectivity index (χ1n) is 12.8. The maximum Gasteiger partial charge on any atom is 0.322 e. The monoisotopic (exact) mass is 513 g/mol. The van der Waals surface area contributed by atoms with Crippen LogP contribution in [0.3, 0.4) is 0 Å². The van der Waals surface area contributed by atoms with Gasteiger partial charge in [0, 0.05) is 29.6 Å². The summed E-state index contributed by atoms with van der Waals surface area (Å²) in [5, 5.41) is 8.92. The molecule has 2 saturated heterocycles. The topological polar surface area (TPSA) is 121 Å². The van der Waals surface area contributed by atoms with Gasteiger partial charge in [0.2, 0.25) is 5.91 Å². The van der Waals surface area contributed by atoms with Crippen LogP contribution in [0.5, 0.6) is 0 Å². The van der Waals surface area contributed by atoms with Crippen LogP contribution in [0.15, 0.2) is 54.6 Å². The molecule has 2 fully saturated rings. The molecule has 38 heavy (non-hydrogen) atoms. The normalized spacial score (nSPS) is 20.7. The van der Waals surface area contributed by atoms with E-state index in [1.54, 1.807) is 17.0 Å². The van der Waals surface area contributed by atoms with Crippen molar-refractivity contribution in [2.75, 3.05) is 13.1 Å². The van der Waals surface area contributed by atoms with E-state index in [2.05, 4.69) is 33.1 Å². The van der Waals surface area contributed by atoms with E-state index >= 15 is 0 Å². The Morgan fingerprint density at radius 2 is 1.87 bits per heavy atom. The molecule has 2 aromatic carbocycles. The number of aromatic nitrogens is 1. The second-order valence-corrected chi connectivity index (χ2v) is 10.6. The number of benzene rings is 2. The summed E-state index contributed by atoms with van der Waals surface area (Å²) in [6, 6.07) is 16.0. The zero-order chi connectivity index (χ0) is 27.0. The largest absolute Gasteiger partial charge is 0.345 e. The average Bonchev–Trinajstić information content (AvgIpc) is 3.37. The lowest BCUT2D eigenvalue weighted by atomic mass is 9.93. The van der Waals surface area contributed by atoms with Gasteiger partial charge in [0.15, 0.2) is 5.54 Å². The number of pyridine rings is 1. The van der Waals surface area contributed by atoms with Gasteiger partial charge in [0.1, 0.15) is 0 Å². The summed E-state index contributed by atoms with van der Waals surface area (Å²) in [7, 11) is 0. The van der Waals surface area contributed by atoms with Crippen LogP contribution >= 0.6 is 0 Å². The molecule has 2 aliphatic heterocycles. The van der Waals surface area contributed by atoms with Gasteiger partial charge in [0.25, 0.3) is 11.8 Å². The maximum atomic E-state index is 13.2. The Morgan fingerprint density at radius 1 is 1.13 bits per heavy atom. The molecule has 0 aliphatic carbocycles. The molecular weight excluding hydrogens is 482 g/mol. The molecule has 196 valence electrons. The summed E-state index contributed by atoms with van der Waals surface area (Å²) >= 11 is 0. The van der Waals surface area contributed by atoms with Gasteiger partial charge in [-0.1, -0.05) is 44.2 Å². The minimum Gasteiger partial charge on any atom is -0.345 e. The van der Waals surface area contributed by atoms with E-state index in [4.69, 9.17) is 0 Å². The van der Waals surface area contributed by atoms with Gasteiger partial charge in [-0.3, -0.25) is 24.7 Å². The van der Waals surface area contributed by atoms with Crippen molar-refractivity contribution in [3.05, 3.63) is 77.0 Å². The summed E-state index contributed by atoms with van der Waals surface area (Å²) in [5.41, 5.74) is 3.14. The van der Waals surface area contributed by atoms with Crippen molar-refractivity contribution in [3.8, 4) is 0 Å². The van der Waals surface area contributed by atoms with Crippen molar-refractivity contribution in [1.82, 2.24) is 25.8 Å². The summed E-state index contributed by atoms with van der Waals surface area (Å²) in [4.78, 5) is 56.9. The fourth-order valence-electron chi connectivity index (χ4n) is 5.33. The van der Waals surface area contributed by atoms with E-state index in [0.29, 0.717) is 18.4 Å². The van der Waals surface area contributed by atoms with Crippen LogP contribution in [0.4, 0.5) is 4.79 Å². The molecule has 3 aromatic rings. The Hall–Kier alpha value is -4.27. The molecule has 2 atom stereocenters. The molecule has 0 bridgehead atoms. The summed E-state index contributed by atoms with van der Waals surface area (Å²) < 4.78 is 0. The van der Waals surface area contributed by atoms with Gasteiger partial charge in [0.05, 0.1) is 18.1 Å². The van der Waals surface area contributed by atoms with Crippen LogP contribution in [0.2, 0.25) is 0 Å². The Balaban J connectivity index is 1.32. The predicted molar refractivity (Wildman–Crippen MR) is 142 cm³/mol. The van der Waals surface area contributed by atoms with E-state index in [1.807, 2.05) is 51.1 Å². The Kier molecular flexibility index (Phi) is 6.60. The van der Waals surface area contributed by atoms with E-state index in [1.165, 1.54) is 0 Å². The third-order valence-corrected chi connectivity index (χ3v) is 7.19. The minimum absolute atomic E-state index is 0.0132. The molecule has 1 spiro atoms. The van der Waals surface area contributed by atoms with Crippen molar-refractivity contribution in [3.63, 3.8) is 0 Å². The minimum atomic E-state index is -1.39. The number of amides is 5. The lowest BCUT2D eigenvalue weighted by Crippen LogP contribution is -2.62. The first-order chi connectivity index (χ1) is 18.1. The number of nitrogens with one attached hydrogen (secondary N) is 3. The predicted octanol–water partition coefficient (Wildman–Crippen LogP) is 2.70. The van der Waals surface area contributed by atoms with Crippen LogP contribution in [0.1, 0.15) is 47.4 Å². The van der Waals surface area contributed by atoms with Crippen molar-refractivity contribution in [2.45, 2.75) is 45.2 Å². The number of rotatable bonds is 6. The van der Waals surface area contributed by atoms with Crippen LogP contribution in [0.25, 0.3) is 10.9 Å². The van der Waals surface area contributed by atoms with E-state index in [-0.39, 0.29) is 30.8 Å². The Labute approximate surface area is 221 Å². The number of aryl methyl sites for hydroxylation is 1. The van der Waals surface area contributed by atoms with Gasteiger partial charge < -0.3 is 15.5 Å². The van der Waals surface area contributed by atoms with Crippen LogP contribution < -0.4 is 16.0 Å². The number of fused-ring (bicyclic) bond motifs is 1. The lowest BCUT2D eigenvalue weighted by Gasteiger charge is -2.27. The third kappa shape index (κ3) is 4.83. The van der Waals surface area contributed by atoms with Gasteiger partial charge in [-0.05, 0) is 54.7 Å². The molecule has 3 heterocycles. The average molecular weight is 514 g/mol. The molecule has 3 N–H and O–H groups in total. The number of carbonyl (C=O) groups excluding carboxylic acids is 4. The Morgan fingerprint density at radius 3 is 2.55 bits per heavy atom. The van der Waals surface area contributed by atoms with Gasteiger partial charge >= 0.3 is 6.03 Å². The zero-order valence-corrected chi connectivity index (χ0v) is 21.7. The van der Waals surface area contributed by atoms with E-state index in [0.717, 1.165) is 27.7 Å². The fraction of sp³-hybridized carbons (Fsp3) is 0.345. The van der Waals surface area contributed by atoms with Crippen LogP contribution in [0, 0.1) is 12.8 Å². The molecule has 1 aromatic heterocycles. The van der Waals surface area contributed by atoms with Crippen molar-refractivity contribution < 1.29 is 19.2 Å². The first-order valence-corrected chi connectivity index (χ1v) is 12.8. The highest BCUT2D eigenvalue weighted by molar-refractivity contribution is 6.09. The van der Waals surface area contributed by atoms with Gasteiger partial charge in [-0.2, -0.15) is 0 Å². The maximum absolute atomic E-state index is 13.2. The standard InChI is InChI=1S/C29H31N5O4/c1-17(2)12-25(35)34-15-24(29(16-34)27(37)32-28(38)33-29)31-26(36)20-10-8-19(9-11-20)14-21-13-18(3)30-23-7-5-4-6-22(21)23/h4-11,13,17,24H,12,14-16H2,1-3H3,(H,31,36)(H2,32,33,37,38)/t24-,29-/m0/s1. The highest BCUT2D eigenvalue weighted by Gasteiger charge is 2.58. The molecule has 0 saturated carbocycles. The molecule has 5 rings (SSSR count). The molecule has 2 aliphatic rings. The quantitative estimate of drug-likeness (QED) is 0.438. The highest BCUT2D eigenvalue weighted by atomic mass is 16.2. The molecule has 0 unspecified atom stereocenters. The molecule has 9 heteroatoms. The number of imide groups is 1. The first kappa shape index (κ1) is 25.4. The van der Waals surface area contributed by atoms with Crippen LogP contribution in [-0.4, -0.2) is 58.3 Å². The van der Waals surface area contributed by atoms with Crippen molar-refractivity contribution >= 4 is 34.7 Å². The highest BCUT2D eigenvalue weighted by Crippen LogP contribution is 2.27. The third-order valence-electron chi connectivity index (χ3n) is 7.19. The van der Waals surface area contributed by atoms with Crippen molar-refractivity contribution in [2.24, 2.45) is 5.92 Å². The number of para-hydroxylation sites is 1. The number of nitrogens with zero attached hydrogens (tertiary/aromatic N) is 2. The number of hydrogen-bond donors (Lipinski definition) is 3. The SMILES string of the molecule is Cc1cc(Cc2ccc(C(=O)N[C@H]3CN(C(=O)CC(C)C)C[C@]34NC(=O)NC4=O)cc2)c2ccccc2n1. The van der Waals surface area contributed by atoms with Gasteiger partial charge in [-0.25, -0.2) is 4.79 Å². The van der Waals surface area contributed by atoms with E-state index < -0.39 is 23.5 Å². The van der Waals surface area contributed by atoms with E-state index in [9.17, 15) is 19.2 Å². The van der Waals surface area contributed by atoms with Crippen LogP contribution in [-0.2, 0) is 16.0 Å². The van der Waals surface area contributed by atoms with Crippen molar-refractivity contribution in [1.29, 1.82) is 0 Å². The lowest BCUT2D eigenvalue weighted by molar-refractivity contribution is -0.131. The summed E-state index contributed by atoms with van der Waals surface area (Å²) in [5.74, 6) is -0.888. The second-order valence-electron chi connectivity index (χ2n) is 10.6. The molecule has 9 nitrogen and oxygen atoms in total. The number of urea groups is 1. The molecular formula is C29H31N5O4. The Bertz CT molecular complexity index is 1430. The number of hydrogen-bond acceptors (Lipinski definition) is 5. The number of likely N-dealkylation sites (tertiary alicyclic amines) is 1. The molecule has 0 radical (unpaired) electrons. The second kappa shape index (κ2) is 9.89. The van der Waals surface area contributed by atoms with Gasteiger partial charge in [-0.15, -0.1) is 0 Å². The number of carbonyl (C=O) groups is 4. The fourth-order valence-corrected chi connectivity index (χ4v) is 5.33. The smallest absolute Gasteiger partial charge is 0.322 e. The zero-order valence-electron chi connectivity index (χ0n) is 21.7. The summed E-state index contributed by atoms with van der Waals surface area (Å²) in [6.45, 7) is 6.00. The molecule has 5 amide bonds.